The van der Waals surface area contributed by atoms with E-state index < -0.39 is 0 Å². The van der Waals surface area contributed by atoms with Gasteiger partial charge in [0, 0.05) is 11.1 Å². The van der Waals surface area contributed by atoms with Crippen LogP contribution in [0.15, 0.2) is 42.5 Å². The fraction of sp³-hybridized carbons (Fsp3) is 0.333. The molecule has 3 heteroatoms. The van der Waals surface area contributed by atoms with E-state index in [1.54, 1.807) is 7.11 Å². The highest BCUT2D eigenvalue weighted by molar-refractivity contribution is 6.30. The molecule has 0 aromatic heterocycles. The number of nitrogens with one attached hydrogen (secondary N) is 1. The highest BCUT2D eigenvalue weighted by Crippen LogP contribution is 2.28. The van der Waals surface area contributed by atoms with E-state index in [4.69, 9.17) is 16.3 Å². The van der Waals surface area contributed by atoms with Crippen LogP contribution in [-0.2, 0) is 6.42 Å². The van der Waals surface area contributed by atoms with Crippen LogP contribution in [0.1, 0.15) is 29.7 Å². The van der Waals surface area contributed by atoms with Gasteiger partial charge in [-0.15, -0.1) is 0 Å². The van der Waals surface area contributed by atoms with Crippen LogP contribution < -0.4 is 10.1 Å². The van der Waals surface area contributed by atoms with Crippen molar-refractivity contribution in [3.05, 3.63) is 64.2 Å². The number of rotatable bonds is 6. The third kappa shape index (κ3) is 3.99. The van der Waals surface area contributed by atoms with Gasteiger partial charge in [0.1, 0.15) is 5.75 Å². The van der Waals surface area contributed by atoms with Crippen molar-refractivity contribution < 1.29 is 4.74 Å². The molecule has 21 heavy (non-hydrogen) atoms. The Bertz CT molecular complexity index is 598. The smallest absolute Gasteiger partial charge is 0.122 e. The van der Waals surface area contributed by atoms with Crippen molar-refractivity contribution >= 4 is 11.6 Å². The summed E-state index contributed by atoms with van der Waals surface area (Å²) in [5, 5.41) is 4.34. The summed E-state index contributed by atoms with van der Waals surface area (Å²) in [5.41, 5.74) is 3.70. The molecule has 1 unspecified atom stereocenters. The van der Waals surface area contributed by atoms with Gasteiger partial charge >= 0.3 is 0 Å². The van der Waals surface area contributed by atoms with Crippen molar-refractivity contribution in [1.29, 1.82) is 0 Å². The summed E-state index contributed by atoms with van der Waals surface area (Å²) < 4.78 is 5.46. The SMILES string of the molecule is CCNC(Cc1ccccc1OC)c1ccc(Cl)cc1C. The topological polar surface area (TPSA) is 21.3 Å². The van der Waals surface area contributed by atoms with Crippen molar-refractivity contribution in [3.8, 4) is 5.75 Å². The number of hydrogen-bond donors (Lipinski definition) is 1. The van der Waals surface area contributed by atoms with Crippen molar-refractivity contribution in [2.75, 3.05) is 13.7 Å². The molecule has 1 N–H and O–H groups in total. The van der Waals surface area contributed by atoms with E-state index in [0.717, 1.165) is 23.7 Å². The Morgan fingerprint density at radius 3 is 2.62 bits per heavy atom. The van der Waals surface area contributed by atoms with E-state index in [0.29, 0.717) is 0 Å². The Morgan fingerprint density at radius 1 is 1.19 bits per heavy atom. The van der Waals surface area contributed by atoms with Gasteiger partial charge < -0.3 is 10.1 Å². The fourth-order valence-electron chi connectivity index (χ4n) is 2.66. The van der Waals surface area contributed by atoms with E-state index in [2.05, 4.69) is 37.4 Å². The first-order valence-electron chi connectivity index (χ1n) is 7.27. The molecule has 0 amide bonds. The van der Waals surface area contributed by atoms with Gasteiger partial charge in [0.15, 0.2) is 0 Å². The van der Waals surface area contributed by atoms with Gasteiger partial charge in [-0.1, -0.05) is 42.8 Å². The number of likely N-dealkylation sites (N-methyl/N-ethyl adjacent to an activating group) is 1. The van der Waals surface area contributed by atoms with E-state index in [-0.39, 0.29) is 6.04 Å². The third-order valence-corrected chi connectivity index (χ3v) is 3.91. The second-order valence-electron chi connectivity index (χ2n) is 5.13. The molecule has 0 fully saturated rings. The second-order valence-corrected chi connectivity index (χ2v) is 5.56. The maximum absolute atomic E-state index is 6.07. The Hall–Kier alpha value is -1.51. The van der Waals surface area contributed by atoms with Gasteiger partial charge in [0.25, 0.3) is 0 Å². The molecule has 0 aliphatic carbocycles. The van der Waals surface area contributed by atoms with Gasteiger partial charge in [0.05, 0.1) is 7.11 Å². The monoisotopic (exact) mass is 303 g/mol. The highest BCUT2D eigenvalue weighted by Gasteiger charge is 2.15. The number of hydrogen-bond acceptors (Lipinski definition) is 2. The predicted molar refractivity (Wildman–Crippen MR) is 89.3 cm³/mol. The van der Waals surface area contributed by atoms with Crippen LogP contribution in [0.25, 0.3) is 0 Å². The van der Waals surface area contributed by atoms with Gasteiger partial charge in [-0.25, -0.2) is 0 Å². The molecule has 0 saturated carbocycles. The van der Waals surface area contributed by atoms with Crippen LogP contribution in [0, 0.1) is 6.92 Å². The standard InChI is InChI=1S/C18H22ClNO/c1-4-20-17(16-10-9-15(19)11-13(16)2)12-14-7-5-6-8-18(14)21-3/h5-11,17,20H,4,12H2,1-3H3. The Kier molecular flexibility index (Phi) is 5.66. The fourth-order valence-corrected chi connectivity index (χ4v) is 2.89. The van der Waals surface area contributed by atoms with Gasteiger partial charge in [-0.3, -0.25) is 0 Å². The first kappa shape index (κ1) is 15.9. The Morgan fingerprint density at radius 2 is 1.95 bits per heavy atom. The lowest BCUT2D eigenvalue weighted by atomic mass is 9.95. The number of benzene rings is 2. The molecular formula is C18H22ClNO. The summed E-state index contributed by atoms with van der Waals surface area (Å²) >= 11 is 6.07. The molecule has 0 heterocycles. The molecule has 2 nitrogen and oxygen atoms in total. The molecule has 0 aliphatic rings. The molecule has 0 spiro atoms. The van der Waals surface area contributed by atoms with Gasteiger partial charge in [-0.05, 0) is 54.8 Å². The van der Waals surface area contributed by atoms with Gasteiger partial charge in [0.2, 0.25) is 0 Å². The summed E-state index contributed by atoms with van der Waals surface area (Å²) in [6.07, 6.45) is 0.889. The maximum atomic E-state index is 6.07. The van der Waals surface area contributed by atoms with Crippen LogP contribution in [-0.4, -0.2) is 13.7 Å². The second kappa shape index (κ2) is 7.48. The number of ether oxygens (including phenoxy) is 1. The first-order valence-corrected chi connectivity index (χ1v) is 7.64. The summed E-state index contributed by atoms with van der Waals surface area (Å²) in [6, 6.07) is 14.5. The number of aryl methyl sites for hydroxylation is 1. The van der Waals surface area contributed by atoms with Crippen LogP contribution in [0.5, 0.6) is 5.75 Å². The first-order chi connectivity index (χ1) is 10.2. The number of halogens is 1. The summed E-state index contributed by atoms with van der Waals surface area (Å²) in [6.45, 7) is 5.15. The lowest BCUT2D eigenvalue weighted by molar-refractivity contribution is 0.405. The van der Waals surface area contributed by atoms with Crippen LogP contribution >= 0.6 is 11.6 Å². The molecule has 0 aliphatic heterocycles. The largest absolute Gasteiger partial charge is 0.496 e. The maximum Gasteiger partial charge on any atom is 0.122 e. The highest BCUT2D eigenvalue weighted by atomic mass is 35.5. The molecule has 1 atom stereocenters. The minimum Gasteiger partial charge on any atom is -0.496 e. The molecule has 0 radical (unpaired) electrons. The molecule has 112 valence electrons. The van der Waals surface area contributed by atoms with Crippen molar-refractivity contribution in [3.63, 3.8) is 0 Å². The van der Waals surface area contributed by atoms with E-state index in [1.807, 2.05) is 24.3 Å². The molecule has 2 aromatic carbocycles. The summed E-state index contributed by atoms with van der Waals surface area (Å²) in [5.74, 6) is 0.937. The van der Waals surface area contributed by atoms with E-state index >= 15 is 0 Å². The predicted octanol–water partition coefficient (Wildman–Crippen LogP) is 4.55. The average molecular weight is 304 g/mol. The average Bonchev–Trinajstić information content (AvgIpc) is 2.47. The molecule has 2 rings (SSSR count). The van der Waals surface area contributed by atoms with Crippen molar-refractivity contribution in [1.82, 2.24) is 5.32 Å². The zero-order chi connectivity index (χ0) is 15.2. The van der Waals surface area contributed by atoms with E-state index in [9.17, 15) is 0 Å². The number of methoxy groups -OCH3 is 1. The van der Waals surface area contributed by atoms with Crippen LogP contribution in [0.2, 0.25) is 5.02 Å². The Balaban J connectivity index is 2.30. The summed E-state index contributed by atoms with van der Waals surface area (Å²) in [7, 11) is 1.72. The minimum absolute atomic E-state index is 0.253. The van der Waals surface area contributed by atoms with E-state index in [1.165, 1.54) is 16.7 Å². The number of para-hydroxylation sites is 1. The lowest BCUT2D eigenvalue weighted by Gasteiger charge is -2.21. The molecule has 0 saturated heterocycles. The summed E-state index contributed by atoms with van der Waals surface area (Å²) in [4.78, 5) is 0. The van der Waals surface area contributed by atoms with Gasteiger partial charge in [-0.2, -0.15) is 0 Å². The normalized spacial score (nSPS) is 12.2. The minimum atomic E-state index is 0.253. The molecule has 2 aromatic rings. The zero-order valence-electron chi connectivity index (χ0n) is 12.8. The third-order valence-electron chi connectivity index (χ3n) is 3.67. The van der Waals surface area contributed by atoms with Crippen LogP contribution in [0.4, 0.5) is 0 Å². The molecular weight excluding hydrogens is 282 g/mol. The van der Waals surface area contributed by atoms with Crippen LogP contribution in [0.3, 0.4) is 0 Å². The molecule has 0 bridgehead atoms. The van der Waals surface area contributed by atoms with Crippen molar-refractivity contribution in [2.24, 2.45) is 0 Å². The lowest BCUT2D eigenvalue weighted by Crippen LogP contribution is -2.24. The van der Waals surface area contributed by atoms with Crippen molar-refractivity contribution in [2.45, 2.75) is 26.3 Å². The Labute approximate surface area is 132 Å². The zero-order valence-corrected chi connectivity index (χ0v) is 13.6. The quantitative estimate of drug-likeness (QED) is 0.845.